The normalized spacial score (nSPS) is 11.3. The van der Waals surface area contributed by atoms with Crippen LogP contribution in [0.4, 0.5) is 0 Å². The van der Waals surface area contributed by atoms with Crippen molar-refractivity contribution in [2.24, 2.45) is 0 Å². The molecule has 4 heteroatoms. The van der Waals surface area contributed by atoms with E-state index in [1.54, 1.807) is 0 Å². The zero-order valence-electron chi connectivity index (χ0n) is 23.2. The average molecular weight is 615 g/mol. The van der Waals surface area contributed by atoms with Gasteiger partial charge in [-0.05, 0) is 0 Å². The predicted octanol–water partition coefficient (Wildman–Crippen LogP) is 9.57. The molecule has 8 aromatic rings. The van der Waals surface area contributed by atoms with Crippen molar-refractivity contribution in [3.8, 4) is 55.2 Å². The maximum absolute atomic E-state index is 5.06. The Kier molecular flexibility index (Phi) is 6.49. The van der Waals surface area contributed by atoms with Gasteiger partial charge < -0.3 is 0 Å². The van der Waals surface area contributed by atoms with Gasteiger partial charge >= 0.3 is 220 Å². The van der Waals surface area contributed by atoms with Crippen molar-refractivity contribution in [3.05, 3.63) is 152 Å². The summed E-state index contributed by atoms with van der Waals surface area (Å²) in [5, 5.41) is 2.53. The SMILES string of the molecule is c1ccc(-c2cc(-c3ccccc3)nc(-c3cccc(-c4cccc5c4ccc4nc(-c6ccccc6)[se]c45)c3)n2)cc1. The van der Waals surface area contributed by atoms with Crippen LogP contribution >= 0.6 is 0 Å². The molecule has 2 aromatic heterocycles. The minimum Gasteiger partial charge on any atom is -0.0616 e. The van der Waals surface area contributed by atoms with Crippen LogP contribution in [0.3, 0.4) is 0 Å². The number of benzene rings is 6. The standard InChI is InChI=1S/C39H25N3Se/c1-4-12-26(13-5-1)35-25-36(27-14-6-2-7-15-27)41-38(40-35)30-19-10-18-29(24-30)31-20-11-21-33-32(31)22-23-34-37(33)43-39(42-34)28-16-8-3-9-17-28/h1-25H. The Morgan fingerprint density at radius 1 is 0.395 bits per heavy atom. The number of hydrogen-bond acceptors (Lipinski definition) is 3. The molecule has 6 aromatic carbocycles. The second-order valence-electron chi connectivity index (χ2n) is 10.5. The summed E-state index contributed by atoms with van der Waals surface area (Å²) in [6.07, 6.45) is 0. The number of rotatable bonds is 5. The van der Waals surface area contributed by atoms with Crippen molar-refractivity contribution < 1.29 is 0 Å². The summed E-state index contributed by atoms with van der Waals surface area (Å²) in [5.41, 5.74) is 9.60. The molecule has 0 atom stereocenters. The molecule has 0 aliphatic rings. The third-order valence-corrected chi connectivity index (χ3v) is 10.1. The van der Waals surface area contributed by atoms with Crippen molar-refractivity contribution in [1.29, 1.82) is 0 Å². The molecule has 3 nitrogen and oxygen atoms in total. The number of aromatic nitrogens is 3. The maximum atomic E-state index is 5.06. The fourth-order valence-electron chi connectivity index (χ4n) is 5.61. The van der Waals surface area contributed by atoms with Gasteiger partial charge in [-0.1, -0.05) is 36.4 Å². The number of nitrogens with zero attached hydrogens (tertiary/aromatic N) is 3. The Hall–Kier alpha value is -5.15. The van der Waals surface area contributed by atoms with E-state index in [0.29, 0.717) is 5.82 Å². The molecule has 43 heavy (non-hydrogen) atoms. The molecule has 2 heterocycles. The van der Waals surface area contributed by atoms with Gasteiger partial charge in [0, 0.05) is 0 Å². The van der Waals surface area contributed by atoms with E-state index in [4.69, 9.17) is 15.0 Å². The molecule has 0 saturated heterocycles. The molecular weight excluding hydrogens is 589 g/mol. The second kappa shape index (κ2) is 10.9. The first-order valence-corrected chi connectivity index (χ1v) is 16.0. The van der Waals surface area contributed by atoms with Gasteiger partial charge in [0.25, 0.3) is 0 Å². The molecule has 0 fully saturated rings. The topological polar surface area (TPSA) is 38.7 Å². The smallest absolute Gasteiger partial charge is 0.0616 e. The summed E-state index contributed by atoms with van der Waals surface area (Å²) in [5.74, 6) is 0.715. The molecular formula is C39H25N3Se. The van der Waals surface area contributed by atoms with Crippen molar-refractivity contribution >= 4 is 35.1 Å². The fraction of sp³-hybridized carbons (Fsp3) is 0. The fourth-order valence-corrected chi connectivity index (χ4v) is 7.92. The monoisotopic (exact) mass is 615 g/mol. The molecule has 0 aliphatic carbocycles. The zero-order chi connectivity index (χ0) is 28.6. The molecule has 0 unspecified atom stereocenters. The Balaban J connectivity index is 1.26. The summed E-state index contributed by atoms with van der Waals surface area (Å²) >= 11 is 0.149. The van der Waals surface area contributed by atoms with Crippen molar-refractivity contribution in [2.45, 2.75) is 0 Å². The van der Waals surface area contributed by atoms with E-state index >= 15 is 0 Å². The van der Waals surface area contributed by atoms with E-state index in [0.717, 1.165) is 39.2 Å². The Bertz CT molecular complexity index is 2170. The van der Waals surface area contributed by atoms with E-state index < -0.39 is 0 Å². The van der Waals surface area contributed by atoms with Crippen molar-refractivity contribution in [2.75, 3.05) is 0 Å². The molecule has 0 saturated carbocycles. The molecule has 0 aliphatic heterocycles. The van der Waals surface area contributed by atoms with Gasteiger partial charge in [0.05, 0.1) is 0 Å². The van der Waals surface area contributed by atoms with Gasteiger partial charge in [0.15, 0.2) is 0 Å². The van der Waals surface area contributed by atoms with Crippen LogP contribution in [0.5, 0.6) is 0 Å². The molecule has 0 spiro atoms. The number of fused-ring (bicyclic) bond motifs is 3. The van der Waals surface area contributed by atoms with Gasteiger partial charge in [0.2, 0.25) is 0 Å². The van der Waals surface area contributed by atoms with Gasteiger partial charge in [-0.3, -0.25) is 0 Å². The Morgan fingerprint density at radius 2 is 0.977 bits per heavy atom. The van der Waals surface area contributed by atoms with Crippen LogP contribution in [0.1, 0.15) is 0 Å². The average Bonchev–Trinajstić information content (AvgIpc) is 3.54. The molecule has 8 rings (SSSR count). The molecule has 0 amide bonds. The van der Waals surface area contributed by atoms with E-state index in [9.17, 15) is 0 Å². The quantitative estimate of drug-likeness (QED) is 0.181. The predicted molar refractivity (Wildman–Crippen MR) is 179 cm³/mol. The van der Waals surface area contributed by atoms with Crippen LogP contribution in [-0.4, -0.2) is 29.5 Å². The zero-order valence-corrected chi connectivity index (χ0v) is 24.9. The minimum atomic E-state index is 0.149. The third-order valence-electron chi connectivity index (χ3n) is 7.73. The van der Waals surface area contributed by atoms with Gasteiger partial charge in [0.1, 0.15) is 0 Å². The summed E-state index contributed by atoms with van der Waals surface area (Å²) in [7, 11) is 0. The van der Waals surface area contributed by atoms with E-state index in [-0.39, 0.29) is 14.5 Å². The molecule has 0 N–H and O–H groups in total. The van der Waals surface area contributed by atoms with E-state index in [1.165, 1.54) is 30.7 Å². The van der Waals surface area contributed by atoms with Crippen LogP contribution in [0, 0.1) is 0 Å². The summed E-state index contributed by atoms with van der Waals surface area (Å²) in [4.78, 5) is 15.1. The summed E-state index contributed by atoms with van der Waals surface area (Å²) in [6, 6.07) is 52.9. The van der Waals surface area contributed by atoms with Crippen molar-refractivity contribution in [1.82, 2.24) is 15.0 Å². The van der Waals surface area contributed by atoms with E-state index in [1.807, 2.05) is 36.4 Å². The van der Waals surface area contributed by atoms with Crippen LogP contribution in [-0.2, 0) is 0 Å². The summed E-state index contributed by atoms with van der Waals surface area (Å²) in [6.45, 7) is 0. The summed E-state index contributed by atoms with van der Waals surface area (Å²) < 4.78 is 2.54. The minimum absolute atomic E-state index is 0.149. The first kappa shape index (κ1) is 25.6. The third kappa shape index (κ3) is 4.87. The van der Waals surface area contributed by atoms with Gasteiger partial charge in [-0.25, -0.2) is 0 Å². The van der Waals surface area contributed by atoms with Crippen LogP contribution < -0.4 is 0 Å². The molecule has 202 valence electrons. The van der Waals surface area contributed by atoms with Crippen LogP contribution in [0.25, 0.3) is 75.7 Å². The number of hydrogen-bond donors (Lipinski definition) is 0. The Morgan fingerprint density at radius 3 is 1.65 bits per heavy atom. The first-order valence-electron chi connectivity index (χ1n) is 14.3. The van der Waals surface area contributed by atoms with Crippen LogP contribution in [0.15, 0.2) is 152 Å². The van der Waals surface area contributed by atoms with Crippen LogP contribution in [0.2, 0.25) is 0 Å². The Labute approximate surface area is 255 Å². The molecule has 0 bridgehead atoms. The van der Waals surface area contributed by atoms with E-state index in [2.05, 4.69) is 115 Å². The second-order valence-corrected chi connectivity index (χ2v) is 12.6. The molecule has 0 radical (unpaired) electrons. The van der Waals surface area contributed by atoms with Gasteiger partial charge in [-0.2, -0.15) is 0 Å². The van der Waals surface area contributed by atoms with Gasteiger partial charge in [-0.15, -0.1) is 0 Å². The van der Waals surface area contributed by atoms with Crippen molar-refractivity contribution in [3.63, 3.8) is 0 Å². The first-order chi connectivity index (χ1) is 21.3.